The van der Waals surface area contributed by atoms with Crippen molar-refractivity contribution in [3.05, 3.63) is 68.7 Å². The molecule has 2 aromatic carbocycles. The summed E-state index contributed by atoms with van der Waals surface area (Å²) in [6, 6.07) is 9.86. The van der Waals surface area contributed by atoms with Crippen LogP contribution in [0.25, 0.3) is 10.9 Å². The van der Waals surface area contributed by atoms with E-state index in [2.05, 4.69) is 10.3 Å². The van der Waals surface area contributed by atoms with Crippen molar-refractivity contribution in [1.29, 1.82) is 0 Å². The highest BCUT2D eigenvalue weighted by Gasteiger charge is 2.21. The van der Waals surface area contributed by atoms with Gasteiger partial charge in [-0.05, 0) is 37.1 Å². The second-order valence-corrected chi connectivity index (χ2v) is 8.16. The van der Waals surface area contributed by atoms with Gasteiger partial charge >= 0.3 is 0 Å². The number of para-hydroxylation sites is 1. The molecule has 0 radical (unpaired) electrons. The Kier molecular flexibility index (Phi) is 6.47. The summed E-state index contributed by atoms with van der Waals surface area (Å²) in [5.74, 6) is -1.47. The topological polar surface area (TPSA) is 116 Å². The summed E-state index contributed by atoms with van der Waals surface area (Å²) in [5.41, 5.74) is -0.353. The summed E-state index contributed by atoms with van der Waals surface area (Å²) < 4.78 is 20.5. The molecule has 1 amide bonds. The summed E-state index contributed by atoms with van der Waals surface area (Å²) in [6.45, 7) is 0.964. The van der Waals surface area contributed by atoms with Gasteiger partial charge < -0.3 is 10.1 Å². The van der Waals surface area contributed by atoms with Crippen LogP contribution < -0.4 is 10.9 Å². The maximum Gasteiger partial charge on any atom is 0.295 e. The molecule has 0 saturated carbocycles. The Hall–Kier alpha value is -3.31. The lowest BCUT2D eigenvalue weighted by molar-refractivity contribution is -0.384. The number of benzene rings is 2. The molecule has 11 heteroatoms. The molecule has 32 heavy (non-hydrogen) atoms. The normalized spacial score (nSPS) is 15.7. The van der Waals surface area contributed by atoms with E-state index in [0.717, 1.165) is 42.8 Å². The molecule has 1 saturated heterocycles. The molecule has 4 rings (SSSR count). The molecular formula is C21H19FN4O5S. The van der Waals surface area contributed by atoms with Gasteiger partial charge in [0.1, 0.15) is 11.5 Å². The molecule has 2 heterocycles. The predicted molar refractivity (Wildman–Crippen MR) is 117 cm³/mol. The number of nitrogens with one attached hydrogen (secondary N) is 1. The van der Waals surface area contributed by atoms with Crippen LogP contribution >= 0.6 is 11.8 Å². The lowest BCUT2D eigenvalue weighted by Crippen LogP contribution is -2.29. The van der Waals surface area contributed by atoms with E-state index in [1.807, 2.05) is 0 Å². The quantitative estimate of drug-likeness (QED) is 0.250. The molecule has 166 valence electrons. The molecule has 3 aromatic rings. The van der Waals surface area contributed by atoms with Gasteiger partial charge in [-0.25, -0.2) is 9.37 Å². The summed E-state index contributed by atoms with van der Waals surface area (Å²) in [4.78, 5) is 40.4. The van der Waals surface area contributed by atoms with Crippen molar-refractivity contribution in [2.45, 2.75) is 30.6 Å². The van der Waals surface area contributed by atoms with Crippen molar-refractivity contribution < 1.29 is 18.8 Å². The van der Waals surface area contributed by atoms with Crippen molar-refractivity contribution in [2.24, 2.45) is 0 Å². The van der Waals surface area contributed by atoms with E-state index >= 15 is 0 Å². The standard InChI is InChI=1S/C21H19FN4O5S/c22-13-7-8-17(18(10-13)26(29)30)23-19(27)12-32-21-24-16-6-2-1-5-15(16)20(28)25(21)11-14-4-3-9-31-14/h1-2,5-8,10,14H,3-4,9,11-12H2,(H,23,27). The minimum absolute atomic E-state index is 0.106. The highest BCUT2D eigenvalue weighted by Crippen LogP contribution is 2.26. The molecule has 0 spiro atoms. The molecule has 0 bridgehead atoms. The zero-order valence-electron chi connectivity index (χ0n) is 16.8. The second kappa shape index (κ2) is 9.45. The number of ether oxygens (including phenoxy) is 1. The molecule has 1 aliphatic heterocycles. The van der Waals surface area contributed by atoms with Gasteiger partial charge in [-0.15, -0.1) is 0 Å². The van der Waals surface area contributed by atoms with Gasteiger partial charge in [0.25, 0.3) is 11.2 Å². The third-order valence-electron chi connectivity index (χ3n) is 5.00. The zero-order valence-corrected chi connectivity index (χ0v) is 17.6. The highest BCUT2D eigenvalue weighted by atomic mass is 32.2. The monoisotopic (exact) mass is 458 g/mol. The van der Waals surface area contributed by atoms with Crippen molar-refractivity contribution in [3.8, 4) is 0 Å². The Morgan fingerprint density at radius 2 is 2.16 bits per heavy atom. The van der Waals surface area contributed by atoms with Crippen LogP contribution in [0.5, 0.6) is 0 Å². The highest BCUT2D eigenvalue weighted by molar-refractivity contribution is 7.99. The number of rotatable bonds is 7. The van der Waals surface area contributed by atoms with Crippen LogP contribution in [0.4, 0.5) is 15.8 Å². The van der Waals surface area contributed by atoms with Crippen LogP contribution in [0.15, 0.2) is 52.4 Å². The molecule has 0 aliphatic carbocycles. The van der Waals surface area contributed by atoms with Crippen LogP contribution in [-0.2, 0) is 16.1 Å². The van der Waals surface area contributed by atoms with Crippen LogP contribution in [0.1, 0.15) is 12.8 Å². The zero-order chi connectivity index (χ0) is 22.7. The fraction of sp³-hybridized carbons (Fsp3) is 0.286. The summed E-state index contributed by atoms with van der Waals surface area (Å²) >= 11 is 1.04. The van der Waals surface area contributed by atoms with Crippen LogP contribution in [0, 0.1) is 15.9 Å². The molecule has 1 atom stereocenters. The van der Waals surface area contributed by atoms with Crippen molar-refractivity contribution in [1.82, 2.24) is 9.55 Å². The number of amides is 1. The first-order chi connectivity index (χ1) is 15.4. The number of carbonyl (C=O) groups excluding carboxylic acids is 1. The Bertz CT molecular complexity index is 1240. The summed E-state index contributed by atoms with van der Waals surface area (Å²) in [5, 5.41) is 14.4. The number of nitro groups is 1. The average Bonchev–Trinajstić information content (AvgIpc) is 3.29. The number of aromatic nitrogens is 2. The van der Waals surface area contributed by atoms with E-state index in [-0.39, 0.29) is 23.1 Å². The second-order valence-electron chi connectivity index (χ2n) is 7.22. The van der Waals surface area contributed by atoms with Crippen molar-refractivity contribution in [2.75, 3.05) is 17.7 Å². The Morgan fingerprint density at radius 3 is 2.91 bits per heavy atom. The third-order valence-corrected chi connectivity index (χ3v) is 5.98. The lowest BCUT2D eigenvalue weighted by atomic mass is 10.2. The summed E-state index contributed by atoms with van der Waals surface area (Å²) in [7, 11) is 0. The first-order valence-corrected chi connectivity index (χ1v) is 10.9. The fourth-order valence-electron chi connectivity index (χ4n) is 3.49. The Balaban J connectivity index is 1.56. The smallest absolute Gasteiger partial charge is 0.295 e. The first-order valence-electron chi connectivity index (χ1n) is 9.90. The van der Waals surface area contributed by atoms with Gasteiger partial charge in [-0.3, -0.25) is 24.3 Å². The van der Waals surface area contributed by atoms with Gasteiger partial charge in [-0.1, -0.05) is 23.9 Å². The average molecular weight is 458 g/mol. The SMILES string of the molecule is O=C(CSc1nc2ccccc2c(=O)n1CC1CCCO1)Nc1ccc(F)cc1[N+](=O)[O-]. The number of nitro benzene ring substituents is 1. The van der Waals surface area contributed by atoms with Crippen LogP contribution in [0.3, 0.4) is 0 Å². The Morgan fingerprint density at radius 1 is 1.34 bits per heavy atom. The molecule has 9 nitrogen and oxygen atoms in total. The largest absolute Gasteiger partial charge is 0.376 e. The van der Waals surface area contributed by atoms with Gasteiger partial charge in [0.2, 0.25) is 5.91 Å². The maximum atomic E-state index is 13.3. The predicted octanol–water partition coefficient (Wildman–Crippen LogP) is 3.35. The lowest BCUT2D eigenvalue weighted by Gasteiger charge is -2.16. The number of halogens is 1. The Labute approximate surface area is 185 Å². The molecule has 1 N–H and O–H groups in total. The molecular weight excluding hydrogens is 439 g/mol. The fourth-order valence-corrected chi connectivity index (χ4v) is 4.30. The number of hydrogen-bond donors (Lipinski definition) is 1. The molecule has 1 unspecified atom stereocenters. The molecule has 1 aromatic heterocycles. The van der Waals surface area contributed by atoms with Gasteiger partial charge in [-0.2, -0.15) is 0 Å². The number of carbonyl (C=O) groups is 1. The minimum Gasteiger partial charge on any atom is -0.376 e. The first kappa shape index (κ1) is 21.9. The summed E-state index contributed by atoms with van der Waals surface area (Å²) in [6.07, 6.45) is 1.64. The van der Waals surface area contributed by atoms with Gasteiger partial charge in [0.15, 0.2) is 5.16 Å². The minimum atomic E-state index is -0.775. The number of fused-ring (bicyclic) bond motifs is 1. The van der Waals surface area contributed by atoms with E-state index in [4.69, 9.17) is 4.74 Å². The van der Waals surface area contributed by atoms with E-state index in [1.54, 1.807) is 24.3 Å². The number of hydrogen-bond acceptors (Lipinski definition) is 7. The number of nitrogens with zero attached hydrogens (tertiary/aromatic N) is 3. The van der Waals surface area contributed by atoms with Gasteiger partial charge in [0, 0.05) is 6.61 Å². The van der Waals surface area contributed by atoms with Crippen LogP contribution in [-0.4, -0.2) is 38.8 Å². The molecule has 1 fully saturated rings. The van der Waals surface area contributed by atoms with Crippen molar-refractivity contribution >= 4 is 39.9 Å². The molecule has 1 aliphatic rings. The van der Waals surface area contributed by atoms with E-state index < -0.39 is 22.3 Å². The van der Waals surface area contributed by atoms with Crippen LogP contribution in [0.2, 0.25) is 0 Å². The van der Waals surface area contributed by atoms with E-state index in [0.29, 0.717) is 29.2 Å². The van der Waals surface area contributed by atoms with E-state index in [9.17, 15) is 24.1 Å². The third kappa shape index (κ3) is 4.78. The number of anilines is 1. The van der Waals surface area contributed by atoms with E-state index in [1.165, 1.54) is 4.57 Å². The van der Waals surface area contributed by atoms with Crippen molar-refractivity contribution in [3.63, 3.8) is 0 Å². The number of thioether (sulfide) groups is 1. The van der Waals surface area contributed by atoms with Gasteiger partial charge in [0.05, 0.1) is 40.3 Å². The maximum absolute atomic E-state index is 13.3.